The van der Waals surface area contributed by atoms with Gasteiger partial charge in [-0.05, 0) is 32.6 Å². The van der Waals surface area contributed by atoms with E-state index in [0.29, 0.717) is 24.9 Å². The van der Waals surface area contributed by atoms with Crippen molar-refractivity contribution >= 4 is 22.7 Å². The zero-order valence-corrected chi connectivity index (χ0v) is 17.6. The molecule has 0 aromatic rings. The molecule has 0 aliphatic heterocycles. The highest BCUT2D eigenvalue weighted by atomic mass is 32.2. The molecule has 0 saturated heterocycles. The predicted molar refractivity (Wildman–Crippen MR) is 108 cm³/mol. The lowest BCUT2D eigenvalue weighted by atomic mass is 9.95. The molecule has 8 heteroatoms. The van der Waals surface area contributed by atoms with Gasteiger partial charge in [0, 0.05) is 61.7 Å². The van der Waals surface area contributed by atoms with Crippen LogP contribution in [-0.4, -0.2) is 78.4 Å². The third-order valence-corrected chi connectivity index (χ3v) is 6.20. The van der Waals surface area contributed by atoms with Gasteiger partial charge in [-0.2, -0.15) is 0 Å². The first-order chi connectivity index (χ1) is 12.5. The fourth-order valence-corrected chi connectivity index (χ4v) is 4.26. The number of ether oxygens (including phenoxy) is 1. The van der Waals surface area contributed by atoms with E-state index >= 15 is 0 Å². The molecule has 1 aliphatic carbocycles. The van der Waals surface area contributed by atoms with Gasteiger partial charge in [0.05, 0.1) is 0 Å². The minimum Gasteiger partial charge on any atom is -0.382 e. The summed E-state index contributed by atoms with van der Waals surface area (Å²) in [6.45, 7) is 6.23. The van der Waals surface area contributed by atoms with Crippen LogP contribution in [0.4, 0.5) is 0 Å². The molecule has 0 radical (unpaired) electrons. The number of likely N-dealkylation sites (N-methyl/N-ethyl adjacent to an activating group) is 1. The molecule has 1 aliphatic rings. The summed E-state index contributed by atoms with van der Waals surface area (Å²) in [5.74, 6) is 1.34. The Bertz CT molecular complexity index is 471. The Morgan fingerprint density at radius 2 is 2.08 bits per heavy atom. The second kappa shape index (κ2) is 13.1. The molecule has 1 saturated carbocycles. The van der Waals surface area contributed by atoms with E-state index in [0.717, 1.165) is 38.6 Å². The maximum absolute atomic E-state index is 12.1. The molecule has 0 aromatic carbocycles. The fraction of sp³-hybridized carbons (Fsp3) is 0.889. The highest BCUT2D eigenvalue weighted by Crippen LogP contribution is 2.22. The highest BCUT2D eigenvalue weighted by Gasteiger charge is 2.26. The third kappa shape index (κ3) is 8.98. The summed E-state index contributed by atoms with van der Waals surface area (Å²) in [5, 5.41) is 6.99. The maximum atomic E-state index is 12.1. The van der Waals surface area contributed by atoms with Crippen LogP contribution in [0.3, 0.4) is 0 Å². The first kappa shape index (κ1) is 22.9. The largest absolute Gasteiger partial charge is 0.382 e. The summed E-state index contributed by atoms with van der Waals surface area (Å²) < 4.78 is 17.5. The molecule has 0 heterocycles. The standard InChI is InChI=1S/C18H36N4O3S/c1-5-25-12-8-11-19-18(20-14-17(23)22(3)4)21-15-9-7-10-16(13-15)26(24)6-2/h15-16H,5-14H2,1-4H3,(H2,19,20,21). The SMILES string of the molecule is CCOCCCNC(=NCC(=O)N(C)C)NC1CCCC(S(=O)CC)C1. The average Bonchev–Trinajstić information content (AvgIpc) is 2.64. The fourth-order valence-electron chi connectivity index (χ4n) is 2.91. The number of hydrogen-bond acceptors (Lipinski definition) is 4. The average molecular weight is 389 g/mol. The molecule has 3 unspecified atom stereocenters. The van der Waals surface area contributed by atoms with Crippen molar-refractivity contribution in [2.45, 2.75) is 57.2 Å². The molecule has 152 valence electrons. The van der Waals surface area contributed by atoms with E-state index in [2.05, 4.69) is 15.6 Å². The number of aliphatic imine (C=N–C) groups is 1. The predicted octanol–water partition coefficient (Wildman–Crippen LogP) is 1.12. The van der Waals surface area contributed by atoms with E-state index in [1.165, 1.54) is 4.90 Å². The molecule has 1 amide bonds. The summed E-state index contributed by atoms with van der Waals surface area (Å²) in [7, 11) is 2.70. The minimum atomic E-state index is -0.753. The topological polar surface area (TPSA) is 83.0 Å². The van der Waals surface area contributed by atoms with Gasteiger partial charge in [0.15, 0.2) is 5.96 Å². The second-order valence-electron chi connectivity index (χ2n) is 6.73. The molecule has 0 bridgehead atoms. The van der Waals surface area contributed by atoms with Crippen molar-refractivity contribution in [1.29, 1.82) is 0 Å². The summed E-state index contributed by atoms with van der Waals surface area (Å²) >= 11 is 0. The molecule has 2 N–H and O–H groups in total. The normalized spacial score (nSPS) is 21.9. The Morgan fingerprint density at radius 1 is 1.31 bits per heavy atom. The lowest BCUT2D eigenvalue weighted by Gasteiger charge is -2.30. The van der Waals surface area contributed by atoms with Gasteiger partial charge in [0.1, 0.15) is 6.54 Å². The van der Waals surface area contributed by atoms with Crippen molar-refractivity contribution in [3.8, 4) is 0 Å². The molecular weight excluding hydrogens is 352 g/mol. The number of guanidine groups is 1. The maximum Gasteiger partial charge on any atom is 0.243 e. The van der Waals surface area contributed by atoms with E-state index in [1.54, 1.807) is 14.1 Å². The van der Waals surface area contributed by atoms with Crippen LogP contribution >= 0.6 is 0 Å². The lowest BCUT2D eigenvalue weighted by molar-refractivity contribution is -0.127. The zero-order valence-electron chi connectivity index (χ0n) is 16.8. The van der Waals surface area contributed by atoms with Crippen molar-refractivity contribution in [3.63, 3.8) is 0 Å². The van der Waals surface area contributed by atoms with Gasteiger partial charge in [-0.15, -0.1) is 0 Å². The summed E-state index contributed by atoms with van der Waals surface area (Å²) in [5.41, 5.74) is 0. The van der Waals surface area contributed by atoms with Crippen molar-refractivity contribution in [3.05, 3.63) is 0 Å². The van der Waals surface area contributed by atoms with Crippen molar-refractivity contribution in [2.75, 3.05) is 46.2 Å². The molecule has 26 heavy (non-hydrogen) atoms. The van der Waals surface area contributed by atoms with Crippen molar-refractivity contribution in [1.82, 2.24) is 15.5 Å². The quantitative estimate of drug-likeness (QED) is 0.333. The molecule has 7 nitrogen and oxygen atoms in total. The van der Waals surface area contributed by atoms with Crippen LogP contribution in [0.5, 0.6) is 0 Å². The highest BCUT2D eigenvalue weighted by molar-refractivity contribution is 7.85. The van der Waals surface area contributed by atoms with Crippen molar-refractivity contribution < 1.29 is 13.7 Å². The van der Waals surface area contributed by atoms with Crippen LogP contribution in [0, 0.1) is 0 Å². The Morgan fingerprint density at radius 3 is 2.73 bits per heavy atom. The van der Waals surface area contributed by atoms with Gasteiger partial charge < -0.3 is 20.3 Å². The summed E-state index contributed by atoms with van der Waals surface area (Å²) in [6, 6.07) is 0.247. The van der Waals surface area contributed by atoms with Crippen molar-refractivity contribution in [2.24, 2.45) is 4.99 Å². The third-order valence-electron chi connectivity index (χ3n) is 4.46. The van der Waals surface area contributed by atoms with Gasteiger partial charge >= 0.3 is 0 Å². The number of nitrogens with zero attached hydrogens (tertiary/aromatic N) is 2. The molecular formula is C18H36N4O3S. The molecule has 1 fully saturated rings. The number of carbonyl (C=O) groups excluding carboxylic acids is 1. The monoisotopic (exact) mass is 388 g/mol. The van der Waals surface area contributed by atoms with E-state index in [9.17, 15) is 9.00 Å². The first-order valence-electron chi connectivity index (χ1n) is 9.67. The van der Waals surface area contributed by atoms with Crippen LogP contribution in [0.1, 0.15) is 46.0 Å². The van der Waals surface area contributed by atoms with Gasteiger partial charge in [-0.1, -0.05) is 13.3 Å². The minimum absolute atomic E-state index is 0.0333. The van der Waals surface area contributed by atoms with E-state index < -0.39 is 10.8 Å². The van der Waals surface area contributed by atoms with Crippen LogP contribution < -0.4 is 10.6 Å². The number of carbonyl (C=O) groups is 1. The molecule has 0 aromatic heterocycles. The second-order valence-corrected chi connectivity index (χ2v) is 8.74. The van der Waals surface area contributed by atoms with Gasteiger partial charge in [-0.25, -0.2) is 4.99 Å². The number of rotatable bonds is 10. The van der Waals surface area contributed by atoms with Crippen LogP contribution in [-0.2, 0) is 20.3 Å². The molecule has 1 rings (SSSR count). The van der Waals surface area contributed by atoms with E-state index in [1.807, 2.05) is 13.8 Å². The van der Waals surface area contributed by atoms with Crippen LogP contribution in [0.25, 0.3) is 0 Å². The van der Waals surface area contributed by atoms with E-state index in [4.69, 9.17) is 4.74 Å². The number of amides is 1. The Hall–Kier alpha value is -1.15. The molecule has 3 atom stereocenters. The zero-order chi connectivity index (χ0) is 19.4. The Kier molecular flexibility index (Phi) is 11.5. The van der Waals surface area contributed by atoms with Gasteiger partial charge in [0.2, 0.25) is 5.91 Å². The Labute approximate surface area is 160 Å². The lowest BCUT2D eigenvalue weighted by Crippen LogP contribution is -2.47. The van der Waals surface area contributed by atoms with E-state index in [-0.39, 0.29) is 23.7 Å². The Balaban J connectivity index is 2.60. The number of nitrogens with one attached hydrogen (secondary N) is 2. The van der Waals surface area contributed by atoms with Gasteiger partial charge in [-0.3, -0.25) is 9.00 Å². The smallest absolute Gasteiger partial charge is 0.243 e. The molecule has 0 spiro atoms. The summed E-state index contributed by atoms with van der Waals surface area (Å²) in [4.78, 5) is 17.8. The number of hydrogen-bond donors (Lipinski definition) is 2. The first-order valence-corrected chi connectivity index (χ1v) is 11.1. The summed E-state index contributed by atoms with van der Waals surface area (Å²) in [6.07, 6.45) is 4.91. The van der Waals surface area contributed by atoms with Gasteiger partial charge in [0.25, 0.3) is 0 Å². The van der Waals surface area contributed by atoms with Crippen LogP contribution in [0.15, 0.2) is 4.99 Å². The van der Waals surface area contributed by atoms with Crippen LogP contribution in [0.2, 0.25) is 0 Å².